The van der Waals surface area contributed by atoms with Crippen molar-refractivity contribution in [3.05, 3.63) is 28.8 Å². The van der Waals surface area contributed by atoms with E-state index in [1.165, 1.54) is 23.1 Å². The van der Waals surface area contributed by atoms with Gasteiger partial charge in [0.1, 0.15) is 5.75 Å². The quantitative estimate of drug-likeness (QED) is 0.825. The van der Waals surface area contributed by atoms with Gasteiger partial charge in [0, 0.05) is 11.6 Å². The minimum absolute atomic E-state index is 0.462. The van der Waals surface area contributed by atoms with Gasteiger partial charge in [0.15, 0.2) is 0 Å². The molecular weight excluding hydrogens is 198 g/mol. The van der Waals surface area contributed by atoms with Gasteiger partial charge >= 0.3 is 0 Å². The Morgan fingerprint density at radius 3 is 2.50 bits per heavy atom. The Morgan fingerprint density at radius 2 is 1.94 bits per heavy atom. The molecule has 0 aromatic heterocycles. The molecule has 0 spiro atoms. The highest BCUT2D eigenvalue weighted by molar-refractivity contribution is 5.43. The van der Waals surface area contributed by atoms with Gasteiger partial charge < -0.3 is 10.1 Å². The highest BCUT2D eigenvalue weighted by atomic mass is 16.5. The first-order valence-corrected chi connectivity index (χ1v) is 6.00. The van der Waals surface area contributed by atoms with Crippen LogP contribution in [-0.4, -0.2) is 13.7 Å². The molecule has 0 saturated carbocycles. The Bertz CT molecular complexity index is 387. The number of nitrogens with one attached hydrogen (secondary N) is 1. The number of methoxy groups -OCH3 is 1. The molecule has 0 unspecified atom stereocenters. The lowest BCUT2D eigenvalue weighted by molar-refractivity contribution is 0.402. The highest BCUT2D eigenvalue weighted by Crippen LogP contribution is 2.34. The summed E-state index contributed by atoms with van der Waals surface area (Å²) in [6.07, 6.45) is 1.21. The average Bonchev–Trinajstić information content (AvgIpc) is 2.68. The zero-order valence-corrected chi connectivity index (χ0v) is 10.6. The van der Waals surface area contributed by atoms with E-state index in [4.69, 9.17) is 4.74 Å². The predicted octanol–water partition coefficient (Wildman–Crippen LogP) is 2.98. The minimum atomic E-state index is 0.462. The molecule has 0 aliphatic carbocycles. The van der Waals surface area contributed by atoms with Gasteiger partial charge in [0.2, 0.25) is 0 Å². The van der Waals surface area contributed by atoms with Crippen LogP contribution in [0.5, 0.6) is 5.75 Å². The number of hydrogen-bond donors (Lipinski definition) is 1. The summed E-state index contributed by atoms with van der Waals surface area (Å²) in [5.74, 6) is 1.78. The van der Waals surface area contributed by atoms with E-state index in [0.29, 0.717) is 6.04 Å². The van der Waals surface area contributed by atoms with E-state index in [-0.39, 0.29) is 0 Å². The maximum Gasteiger partial charge on any atom is 0.123 e. The molecule has 1 fully saturated rings. The monoisotopic (exact) mass is 219 g/mol. The van der Waals surface area contributed by atoms with Crippen LogP contribution in [0.4, 0.5) is 0 Å². The Morgan fingerprint density at radius 1 is 1.25 bits per heavy atom. The average molecular weight is 219 g/mol. The van der Waals surface area contributed by atoms with Crippen LogP contribution >= 0.6 is 0 Å². The molecule has 1 aliphatic heterocycles. The first-order chi connectivity index (χ1) is 7.61. The summed E-state index contributed by atoms with van der Waals surface area (Å²) in [4.78, 5) is 0. The van der Waals surface area contributed by atoms with Gasteiger partial charge in [-0.1, -0.05) is 13.0 Å². The Balaban J connectivity index is 2.35. The fourth-order valence-corrected chi connectivity index (χ4v) is 2.41. The van der Waals surface area contributed by atoms with Crippen molar-refractivity contribution in [1.82, 2.24) is 5.32 Å². The molecule has 2 atom stereocenters. The van der Waals surface area contributed by atoms with Crippen LogP contribution in [0.3, 0.4) is 0 Å². The van der Waals surface area contributed by atoms with Gasteiger partial charge in [-0.2, -0.15) is 0 Å². The van der Waals surface area contributed by atoms with Crippen LogP contribution in [-0.2, 0) is 0 Å². The summed E-state index contributed by atoms with van der Waals surface area (Å²) >= 11 is 0. The van der Waals surface area contributed by atoms with Crippen LogP contribution < -0.4 is 10.1 Å². The van der Waals surface area contributed by atoms with Crippen molar-refractivity contribution >= 4 is 0 Å². The highest BCUT2D eigenvalue weighted by Gasteiger charge is 2.24. The Labute approximate surface area is 98.0 Å². The molecule has 88 valence electrons. The van der Waals surface area contributed by atoms with Crippen LogP contribution in [0.15, 0.2) is 12.1 Å². The van der Waals surface area contributed by atoms with E-state index < -0.39 is 0 Å². The molecule has 1 saturated heterocycles. The molecule has 1 N–H and O–H groups in total. The Kier molecular flexibility index (Phi) is 3.20. The third kappa shape index (κ3) is 2.07. The normalized spacial score (nSPS) is 24.8. The molecule has 0 amide bonds. The van der Waals surface area contributed by atoms with E-state index in [1.807, 2.05) is 0 Å². The Hall–Kier alpha value is -1.02. The van der Waals surface area contributed by atoms with E-state index in [9.17, 15) is 0 Å². The van der Waals surface area contributed by atoms with Crippen LogP contribution in [0.1, 0.15) is 36.1 Å². The summed E-state index contributed by atoms with van der Waals surface area (Å²) in [6, 6.07) is 4.88. The van der Waals surface area contributed by atoms with Crippen LogP contribution in [0.25, 0.3) is 0 Å². The fourth-order valence-electron chi connectivity index (χ4n) is 2.41. The lowest BCUT2D eigenvalue weighted by Gasteiger charge is -2.17. The topological polar surface area (TPSA) is 21.3 Å². The van der Waals surface area contributed by atoms with Crippen molar-refractivity contribution < 1.29 is 4.74 Å². The van der Waals surface area contributed by atoms with E-state index in [0.717, 1.165) is 18.2 Å². The van der Waals surface area contributed by atoms with E-state index in [1.54, 1.807) is 7.11 Å². The summed E-state index contributed by atoms with van der Waals surface area (Å²) in [5.41, 5.74) is 3.96. The van der Waals surface area contributed by atoms with Crippen molar-refractivity contribution in [1.29, 1.82) is 0 Å². The third-order valence-electron chi connectivity index (χ3n) is 3.57. The summed E-state index contributed by atoms with van der Waals surface area (Å²) in [5, 5.41) is 3.56. The van der Waals surface area contributed by atoms with Gasteiger partial charge in [0.25, 0.3) is 0 Å². The second-order valence-corrected chi connectivity index (χ2v) is 4.98. The standard InChI is InChI=1S/C14H21NO/c1-9-5-13(15-8-9)12-6-10(2)11(3)7-14(12)16-4/h6-7,9,13,15H,5,8H2,1-4H3/t9-,13-/m1/s1. The fraction of sp³-hybridized carbons (Fsp3) is 0.571. The number of rotatable bonds is 2. The maximum atomic E-state index is 5.49. The van der Waals surface area contributed by atoms with Crippen molar-refractivity contribution in [3.63, 3.8) is 0 Å². The van der Waals surface area contributed by atoms with Gasteiger partial charge in [-0.05, 0) is 49.9 Å². The van der Waals surface area contributed by atoms with Crippen molar-refractivity contribution in [2.24, 2.45) is 5.92 Å². The van der Waals surface area contributed by atoms with Gasteiger partial charge in [-0.3, -0.25) is 0 Å². The lowest BCUT2D eigenvalue weighted by atomic mass is 9.96. The zero-order valence-electron chi connectivity index (χ0n) is 10.6. The smallest absolute Gasteiger partial charge is 0.123 e. The van der Waals surface area contributed by atoms with Crippen LogP contribution in [0.2, 0.25) is 0 Å². The third-order valence-corrected chi connectivity index (χ3v) is 3.57. The largest absolute Gasteiger partial charge is 0.496 e. The molecule has 2 rings (SSSR count). The minimum Gasteiger partial charge on any atom is -0.496 e. The molecule has 16 heavy (non-hydrogen) atoms. The number of aryl methyl sites for hydroxylation is 2. The van der Waals surface area contributed by atoms with Gasteiger partial charge in [-0.15, -0.1) is 0 Å². The number of benzene rings is 1. The van der Waals surface area contributed by atoms with Gasteiger partial charge in [-0.25, -0.2) is 0 Å². The molecule has 2 nitrogen and oxygen atoms in total. The molecule has 0 radical (unpaired) electrons. The SMILES string of the molecule is COc1cc(C)c(C)cc1[C@H]1C[C@@H](C)CN1. The molecule has 2 heteroatoms. The molecule has 1 aromatic carbocycles. The van der Waals surface area contributed by atoms with Crippen LogP contribution in [0, 0.1) is 19.8 Å². The second-order valence-electron chi connectivity index (χ2n) is 4.98. The lowest BCUT2D eigenvalue weighted by Crippen LogP contribution is -2.14. The predicted molar refractivity (Wildman–Crippen MR) is 67.0 cm³/mol. The van der Waals surface area contributed by atoms with Gasteiger partial charge in [0.05, 0.1) is 7.11 Å². The van der Waals surface area contributed by atoms with E-state index in [2.05, 4.69) is 38.2 Å². The first kappa shape index (κ1) is 11.5. The molecule has 1 aliphatic rings. The molecule has 1 heterocycles. The first-order valence-electron chi connectivity index (χ1n) is 6.00. The molecule has 0 bridgehead atoms. The van der Waals surface area contributed by atoms with Crippen molar-refractivity contribution in [3.8, 4) is 5.75 Å². The second kappa shape index (κ2) is 4.46. The number of ether oxygens (including phenoxy) is 1. The van der Waals surface area contributed by atoms with Crippen molar-refractivity contribution in [2.45, 2.75) is 33.2 Å². The summed E-state index contributed by atoms with van der Waals surface area (Å²) in [6.45, 7) is 7.70. The summed E-state index contributed by atoms with van der Waals surface area (Å²) < 4.78 is 5.49. The molecular formula is C14H21NO. The zero-order chi connectivity index (χ0) is 11.7. The van der Waals surface area contributed by atoms with E-state index >= 15 is 0 Å². The van der Waals surface area contributed by atoms with Crippen molar-refractivity contribution in [2.75, 3.05) is 13.7 Å². The molecule has 1 aromatic rings. The number of hydrogen-bond acceptors (Lipinski definition) is 2. The maximum absolute atomic E-state index is 5.49. The summed E-state index contributed by atoms with van der Waals surface area (Å²) in [7, 11) is 1.76.